The summed E-state index contributed by atoms with van der Waals surface area (Å²) in [4.78, 5) is 23.1. The van der Waals surface area contributed by atoms with Gasteiger partial charge in [-0.05, 0) is 17.5 Å². The van der Waals surface area contributed by atoms with Crippen LogP contribution in [0.2, 0.25) is 0 Å². The monoisotopic (exact) mass is 316 g/mol. The highest BCUT2D eigenvalue weighted by Gasteiger charge is 2.30. The van der Waals surface area contributed by atoms with Crippen molar-refractivity contribution in [2.24, 2.45) is 11.7 Å². The minimum absolute atomic E-state index is 0.0803. The number of benzene rings is 1. The number of hydrogen-bond acceptors (Lipinski definition) is 2. The molecule has 0 aliphatic heterocycles. The molecule has 2 amide bonds. The van der Waals surface area contributed by atoms with Crippen molar-refractivity contribution in [1.29, 1.82) is 0 Å². The van der Waals surface area contributed by atoms with Gasteiger partial charge in [-0.3, -0.25) is 9.59 Å². The third kappa shape index (κ3) is 5.75. The quantitative estimate of drug-likeness (QED) is 0.845. The molecule has 4 nitrogen and oxygen atoms in total. The number of nitrogens with one attached hydrogen (secondary N) is 1. The first-order valence-corrected chi connectivity index (χ1v) is 6.84. The van der Waals surface area contributed by atoms with Crippen molar-refractivity contribution in [2.45, 2.75) is 38.9 Å². The zero-order valence-corrected chi connectivity index (χ0v) is 12.4. The van der Waals surface area contributed by atoms with Crippen molar-refractivity contribution in [3.63, 3.8) is 0 Å². The van der Waals surface area contributed by atoms with Crippen LogP contribution in [0, 0.1) is 5.92 Å². The Labute approximate surface area is 126 Å². The molecule has 0 saturated heterocycles. The molecule has 0 aliphatic carbocycles. The Morgan fingerprint density at radius 2 is 1.91 bits per heavy atom. The SMILES string of the molecule is CC(C)CC(=O)N[C@H](Cc1cccc(C(F)(F)F)c1)C(N)=O. The number of rotatable bonds is 6. The molecule has 22 heavy (non-hydrogen) atoms. The molecule has 0 radical (unpaired) electrons. The number of amides is 2. The van der Waals surface area contributed by atoms with Crippen molar-refractivity contribution in [2.75, 3.05) is 0 Å². The Morgan fingerprint density at radius 1 is 1.27 bits per heavy atom. The van der Waals surface area contributed by atoms with Crippen LogP contribution < -0.4 is 11.1 Å². The predicted octanol–water partition coefficient (Wildman–Crippen LogP) is 2.26. The zero-order valence-electron chi connectivity index (χ0n) is 12.4. The smallest absolute Gasteiger partial charge is 0.368 e. The van der Waals surface area contributed by atoms with E-state index in [-0.39, 0.29) is 30.2 Å². The molecule has 122 valence electrons. The maximum atomic E-state index is 12.7. The summed E-state index contributed by atoms with van der Waals surface area (Å²) in [5.74, 6) is -1.04. The van der Waals surface area contributed by atoms with Crippen LogP contribution in [0.1, 0.15) is 31.4 Å². The van der Waals surface area contributed by atoms with Crippen LogP contribution in [0.25, 0.3) is 0 Å². The minimum atomic E-state index is -4.46. The van der Waals surface area contributed by atoms with E-state index in [1.807, 2.05) is 13.8 Å². The summed E-state index contributed by atoms with van der Waals surface area (Å²) < 4.78 is 38.0. The van der Waals surface area contributed by atoms with Crippen LogP contribution in [0.5, 0.6) is 0 Å². The highest BCUT2D eigenvalue weighted by atomic mass is 19.4. The fraction of sp³-hybridized carbons (Fsp3) is 0.467. The van der Waals surface area contributed by atoms with Crippen molar-refractivity contribution < 1.29 is 22.8 Å². The van der Waals surface area contributed by atoms with E-state index in [2.05, 4.69) is 5.32 Å². The van der Waals surface area contributed by atoms with Gasteiger partial charge in [0.05, 0.1) is 5.56 Å². The maximum absolute atomic E-state index is 12.7. The van der Waals surface area contributed by atoms with E-state index >= 15 is 0 Å². The molecule has 0 aliphatic rings. The summed E-state index contributed by atoms with van der Waals surface area (Å²) in [7, 11) is 0. The Hall–Kier alpha value is -2.05. The van der Waals surface area contributed by atoms with Crippen LogP contribution in [0.15, 0.2) is 24.3 Å². The van der Waals surface area contributed by atoms with E-state index in [9.17, 15) is 22.8 Å². The number of carbonyl (C=O) groups excluding carboxylic acids is 2. The first-order valence-electron chi connectivity index (χ1n) is 6.84. The molecule has 0 saturated carbocycles. The van der Waals surface area contributed by atoms with Gasteiger partial charge in [-0.15, -0.1) is 0 Å². The Kier molecular flexibility index (Phi) is 5.96. The predicted molar refractivity (Wildman–Crippen MR) is 75.7 cm³/mol. The lowest BCUT2D eigenvalue weighted by atomic mass is 10.0. The Balaban J connectivity index is 2.84. The first kappa shape index (κ1) is 18.0. The van der Waals surface area contributed by atoms with Crippen LogP contribution in [0.3, 0.4) is 0 Å². The molecule has 3 N–H and O–H groups in total. The van der Waals surface area contributed by atoms with Gasteiger partial charge in [0.15, 0.2) is 0 Å². The van der Waals surface area contributed by atoms with Gasteiger partial charge in [-0.2, -0.15) is 13.2 Å². The second kappa shape index (κ2) is 7.29. The second-order valence-corrected chi connectivity index (χ2v) is 5.52. The molecule has 1 aromatic carbocycles. The third-order valence-corrected chi connectivity index (χ3v) is 2.97. The summed E-state index contributed by atoms with van der Waals surface area (Å²) in [5.41, 5.74) is 4.69. The number of nitrogens with two attached hydrogens (primary N) is 1. The Bertz CT molecular complexity index is 542. The molecule has 0 heterocycles. The van der Waals surface area contributed by atoms with E-state index in [1.54, 1.807) is 0 Å². The normalized spacial score (nSPS) is 13.0. The molecule has 0 fully saturated rings. The molecule has 7 heteroatoms. The molecule has 0 unspecified atom stereocenters. The van der Waals surface area contributed by atoms with Crippen molar-refractivity contribution in [3.8, 4) is 0 Å². The highest BCUT2D eigenvalue weighted by molar-refractivity contribution is 5.86. The van der Waals surface area contributed by atoms with E-state index < -0.39 is 23.7 Å². The van der Waals surface area contributed by atoms with Gasteiger partial charge in [0, 0.05) is 12.8 Å². The van der Waals surface area contributed by atoms with Crippen molar-refractivity contribution in [3.05, 3.63) is 35.4 Å². The highest BCUT2D eigenvalue weighted by Crippen LogP contribution is 2.29. The topological polar surface area (TPSA) is 72.2 Å². The fourth-order valence-electron chi connectivity index (χ4n) is 1.96. The van der Waals surface area contributed by atoms with Crippen LogP contribution in [-0.2, 0) is 22.2 Å². The molecule has 1 atom stereocenters. The van der Waals surface area contributed by atoms with Gasteiger partial charge >= 0.3 is 6.18 Å². The molecule has 1 rings (SSSR count). The minimum Gasteiger partial charge on any atom is -0.368 e. The van der Waals surface area contributed by atoms with Gasteiger partial charge in [-0.1, -0.05) is 32.0 Å². The van der Waals surface area contributed by atoms with Gasteiger partial charge in [0.1, 0.15) is 6.04 Å². The molecular formula is C15H19F3N2O2. The average Bonchev–Trinajstić information content (AvgIpc) is 2.36. The summed E-state index contributed by atoms with van der Waals surface area (Å²) in [6.45, 7) is 3.68. The van der Waals surface area contributed by atoms with Crippen LogP contribution in [0.4, 0.5) is 13.2 Å². The number of alkyl halides is 3. The lowest BCUT2D eigenvalue weighted by Crippen LogP contribution is -2.46. The lowest BCUT2D eigenvalue weighted by Gasteiger charge is -2.17. The lowest BCUT2D eigenvalue weighted by molar-refractivity contribution is -0.137. The van der Waals surface area contributed by atoms with E-state index in [1.165, 1.54) is 12.1 Å². The van der Waals surface area contributed by atoms with Crippen molar-refractivity contribution >= 4 is 11.8 Å². The van der Waals surface area contributed by atoms with E-state index in [4.69, 9.17) is 5.73 Å². The second-order valence-electron chi connectivity index (χ2n) is 5.52. The van der Waals surface area contributed by atoms with Crippen LogP contribution >= 0.6 is 0 Å². The first-order chi connectivity index (χ1) is 10.1. The zero-order chi connectivity index (χ0) is 16.9. The standard InChI is InChI=1S/C15H19F3N2O2/c1-9(2)6-13(21)20-12(14(19)22)8-10-4-3-5-11(7-10)15(16,17)18/h3-5,7,9,12H,6,8H2,1-2H3,(H2,19,22)(H,20,21)/t12-/m1/s1. The summed E-state index contributed by atoms with van der Waals surface area (Å²) in [5, 5.41) is 2.46. The summed E-state index contributed by atoms with van der Waals surface area (Å²) in [6.07, 6.45) is -4.32. The Morgan fingerprint density at radius 3 is 2.41 bits per heavy atom. The van der Waals surface area contributed by atoms with Gasteiger partial charge in [0.25, 0.3) is 0 Å². The van der Waals surface area contributed by atoms with Gasteiger partial charge in [-0.25, -0.2) is 0 Å². The average molecular weight is 316 g/mol. The fourth-order valence-corrected chi connectivity index (χ4v) is 1.96. The van der Waals surface area contributed by atoms with Crippen molar-refractivity contribution in [1.82, 2.24) is 5.32 Å². The number of primary amides is 1. The molecule has 0 spiro atoms. The molecular weight excluding hydrogens is 297 g/mol. The number of carbonyl (C=O) groups is 2. The van der Waals surface area contributed by atoms with E-state index in [0.29, 0.717) is 0 Å². The number of halogens is 3. The summed E-state index contributed by atoms with van der Waals surface area (Å²) >= 11 is 0. The van der Waals surface area contributed by atoms with Crippen LogP contribution in [-0.4, -0.2) is 17.9 Å². The molecule has 1 aromatic rings. The van der Waals surface area contributed by atoms with E-state index in [0.717, 1.165) is 12.1 Å². The summed E-state index contributed by atoms with van der Waals surface area (Å²) in [6, 6.07) is 3.58. The third-order valence-electron chi connectivity index (χ3n) is 2.97. The molecule has 0 bridgehead atoms. The largest absolute Gasteiger partial charge is 0.416 e. The maximum Gasteiger partial charge on any atom is 0.416 e. The number of hydrogen-bond donors (Lipinski definition) is 2. The van der Waals surface area contributed by atoms with Gasteiger partial charge < -0.3 is 11.1 Å². The molecule has 0 aromatic heterocycles. The van der Waals surface area contributed by atoms with Gasteiger partial charge in [0.2, 0.25) is 11.8 Å².